The van der Waals surface area contributed by atoms with Crippen LogP contribution in [0.1, 0.15) is 23.2 Å². The minimum atomic E-state index is -0.000642. The molecule has 2 N–H and O–H groups in total. The lowest BCUT2D eigenvalue weighted by Crippen LogP contribution is -2.37. The summed E-state index contributed by atoms with van der Waals surface area (Å²) < 4.78 is 0. The lowest BCUT2D eigenvalue weighted by Gasteiger charge is -2.22. The number of carbonyl (C=O) groups is 1. The Morgan fingerprint density at radius 1 is 1.20 bits per heavy atom. The van der Waals surface area contributed by atoms with Crippen molar-refractivity contribution in [2.75, 3.05) is 11.5 Å². The molecule has 1 aliphatic heterocycles. The molecule has 4 rings (SSSR count). The van der Waals surface area contributed by atoms with Crippen LogP contribution in [0.5, 0.6) is 0 Å². The van der Waals surface area contributed by atoms with Crippen LogP contribution in [0.4, 0.5) is 0 Å². The minimum Gasteiger partial charge on any atom is -0.360 e. The molecular weight excluding hydrogens is 354 g/mol. The van der Waals surface area contributed by atoms with Crippen LogP contribution in [0, 0.1) is 0 Å². The van der Waals surface area contributed by atoms with Gasteiger partial charge >= 0.3 is 0 Å². The Labute approximate surface area is 155 Å². The van der Waals surface area contributed by atoms with E-state index in [1.54, 1.807) is 6.20 Å². The number of hydrogen-bond acceptors (Lipinski definition) is 3. The molecule has 0 atom stereocenters. The summed E-state index contributed by atoms with van der Waals surface area (Å²) in [5.41, 5.74) is 3.38. The van der Waals surface area contributed by atoms with Crippen LogP contribution in [0.2, 0.25) is 5.02 Å². The van der Waals surface area contributed by atoms with E-state index in [2.05, 4.69) is 15.3 Å². The summed E-state index contributed by atoms with van der Waals surface area (Å²) in [6.45, 7) is 0. The Morgan fingerprint density at radius 2 is 1.96 bits per heavy atom. The van der Waals surface area contributed by atoms with Gasteiger partial charge in [-0.3, -0.25) is 9.78 Å². The first-order valence-electron chi connectivity index (χ1n) is 8.33. The molecule has 0 unspecified atom stereocenters. The highest BCUT2D eigenvalue weighted by atomic mass is 35.5. The predicted molar refractivity (Wildman–Crippen MR) is 104 cm³/mol. The van der Waals surface area contributed by atoms with Gasteiger partial charge in [-0.15, -0.1) is 0 Å². The Morgan fingerprint density at radius 3 is 2.72 bits per heavy atom. The Kier molecular flexibility index (Phi) is 4.68. The molecule has 0 aliphatic carbocycles. The summed E-state index contributed by atoms with van der Waals surface area (Å²) in [6.07, 6.45) is 5.60. The highest BCUT2D eigenvalue weighted by Gasteiger charge is 2.17. The van der Waals surface area contributed by atoms with Gasteiger partial charge in [0.2, 0.25) is 0 Å². The van der Waals surface area contributed by atoms with Gasteiger partial charge in [0, 0.05) is 34.9 Å². The predicted octanol–water partition coefficient (Wildman–Crippen LogP) is 4.51. The molecule has 1 amide bonds. The largest absolute Gasteiger partial charge is 0.360 e. The Balaban J connectivity index is 1.56. The maximum absolute atomic E-state index is 12.4. The Bertz CT molecular complexity index is 901. The topological polar surface area (TPSA) is 57.8 Å². The lowest BCUT2D eigenvalue weighted by molar-refractivity contribution is 0.0935. The molecule has 2 aromatic heterocycles. The molecule has 0 radical (unpaired) electrons. The second-order valence-electron chi connectivity index (χ2n) is 6.16. The number of amides is 1. The molecule has 1 fully saturated rings. The van der Waals surface area contributed by atoms with Crippen LogP contribution in [0.15, 0.2) is 42.7 Å². The van der Waals surface area contributed by atoms with E-state index in [9.17, 15) is 4.79 Å². The van der Waals surface area contributed by atoms with Gasteiger partial charge in [-0.2, -0.15) is 11.8 Å². The van der Waals surface area contributed by atoms with Gasteiger partial charge in [0.1, 0.15) is 0 Å². The van der Waals surface area contributed by atoms with Crippen LogP contribution in [-0.2, 0) is 0 Å². The summed E-state index contributed by atoms with van der Waals surface area (Å²) >= 11 is 8.12. The number of fused-ring (bicyclic) bond motifs is 1. The third-order valence-electron chi connectivity index (χ3n) is 4.52. The van der Waals surface area contributed by atoms with Gasteiger partial charge < -0.3 is 10.3 Å². The van der Waals surface area contributed by atoms with Gasteiger partial charge in [0.15, 0.2) is 0 Å². The second kappa shape index (κ2) is 7.10. The van der Waals surface area contributed by atoms with Gasteiger partial charge in [-0.1, -0.05) is 23.7 Å². The molecule has 1 aromatic carbocycles. The number of benzene rings is 1. The molecule has 128 valence electrons. The standard InChI is InChI=1S/C19H18ClN3OS/c20-16-11-22-17(15-5-8-21-18(15)16)12-1-3-13(4-2-12)19(24)23-14-6-9-25-10-7-14/h1-5,8,11,14,21H,6-7,9-10H2,(H,23,24). The molecule has 0 bridgehead atoms. The van der Waals surface area contributed by atoms with E-state index in [1.807, 2.05) is 48.3 Å². The van der Waals surface area contributed by atoms with Crippen molar-refractivity contribution in [3.05, 3.63) is 53.3 Å². The first kappa shape index (κ1) is 16.5. The van der Waals surface area contributed by atoms with E-state index in [1.165, 1.54) is 0 Å². The fraction of sp³-hybridized carbons (Fsp3) is 0.263. The van der Waals surface area contributed by atoms with Crippen molar-refractivity contribution in [2.45, 2.75) is 18.9 Å². The van der Waals surface area contributed by atoms with Crippen LogP contribution < -0.4 is 5.32 Å². The first-order valence-corrected chi connectivity index (χ1v) is 9.86. The number of rotatable bonds is 3. The molecule has 4 nitrogen and oxygen atoms in total. The summed E-state index contributed by atoms with van der Waals surface area (Å²) in [7, 11) is 0. The third kappa shape index (κ3) is 3.39. The van der Waals surface area contributed by atoms with Crippen LogP contribution in [0.25, 0.3) is 22.2 Å². The summed E-state index contributed by atoms with van der Waals surface area (Å²) in [6, 6.07) is 9.85. The van der Waals surface area contributed by atoms with Crippen molar-refractivity contribution in [1.29, 1.82) is 0 Å². The molecule has 6 heteroatoms. The third-order valence-corrected chi connectivity index (χ3v) is 5.86. The van der Waals surface area contributed by atoms with Crippen molar-refractivity contribution in [1.82, 2.24) is 15.3 Å². The molecule has 3 heterocycles. The molecule has 1 saturated heterocycles. The molecular formula is C19H18ClN3OS. The fourth-order valence-electron chi connectivity index (χ4n) is 3.14. The first-order chi connectivity index (χ1) is 12.2. The molecule has 0 spiro atoms. The lowest BCUT2D eigenvalue weighted by atomic mass is 10.0. The van der Waals surface area contributed by atoms with Gasteiger partial charge in [0.05, 0.1) is 16.2 Å². The van der Waals surface area contributed by atoms with E-state index in [-0.39, 0.29) is 5.91 Å². The van der Waals surface area contributed by atoms with E-state index in [0.29, 0.717) is 16.6 Å². The van der Waals surface area contributed by atoms with Crippen molar-refractivity contribution < 1.29 is 4.79 Å². The number of halogens is 1. The van der Waals surface area contributed by atoms with Gasteiger partial charge in [-0.05, 0) is 42.5 Å². The van der Waals surface area contributed by atoms with Crippen LogP contribution in [0.3, 0.4) is 0 Å². The zero-order valence-electron chi connectivity index (χ0n) is 13.6. The van der Waals surface area contributed by atoms with E-state index < -0.39 is 0 Å². The molecule has 1 aliphatic rings. The normalized spacial score (nSPS) is 15.4. The number of nitrogens with zero attached hydrogens (tertiary/aromatic N) is 1. The Hall–Kier alpha value is -1.98. The molecule has 25 heavy (non-hydrogen) atoms. The summed E-state index contributed by atoms with van der Waals surface area (Å²) in [4.78, 5) is 20.0. The number of aromatic amines is 1. The number of nitrogens with one attached hydrogen (secondary N) is 2. The average Bonchev–Trinajstić information content (AvgIpc) is 3.14. The van der Waals surface area contributed by atoms with Crippen molar-refractivity contribution >= 4 is 40.2 Å². The minimum absolute atomic E-state index is 0.000642. The maximum atomic E-state index is 12.4. The monoisotopic (exact) mass is 371 g/mol. The summed E-state index contributed by atoms with van der Waals surface area (Å²) in [5.74, 6) is 2.25. The maximum Gasteiger partial charge on any atom is 0.251 e. The zero-order valence-corrected chi connectivity index (χ0v) is 15.2. The number of H-pyrrole nitrogens is 1. The van der Waals surface area contributed by atoms with Crippen molar-refractivity contribution in [3.63, 3.8) is 0 Å². The highest BCUT2D eigenvalue weighted by molar-refractivity contribution is 7.99. The molecule has 3 aromatic rings. The smallest absolute Gasteiger partial charge is 0.251 e. The second-order valence-corrected chi connectivity index (χ2v) is 7.79. The van der Waals surface area contributed by atoms with Gasteiger partial charge in [0.25, 0.3) is 5.91 Å². The molecule has 0 saturated carbocycles. The van der Waals surface area contributed by atoms with E-state index in [4.69, 9.17) is 11.6 Å². The summed E-state index contributed by atoms with van der Waals surface area (Å²) in [5, 5.41) is 4.72. The average molecular weight is 372 g/mol. The highest BCUT2D eigenvalue weighted by Crippen LogP contribution is 2.30. The van der Waals surface area contributed by atoms with Gasteiger partial charge in [-0.25, -0.2) is 0 Å². The number of carbonyl (C=O) groups excluding carboxylic acids is 1. The number of aromatic nitrogens is 2. The van der Waals surface area contributed by atoms with Crippen LogP contribution in [-0.4, -0.2) is 33.4 Å². The number of thioether (sulfide) groups is 1. The van der Waals surface area contributed by atoms with Crippen LogP contribution >= 0.6 is 23.4 Å². The zero-order chi connectivity index (χ0) is 17.2. The number of hydrogen-bond donors (Lipinski definition) is 2. The van der Waals surface area contributed by atoms with E-state index >= 15 is 0 Å². The fourth-order valence-corrected chi connectivity index (χ4v) is 4.45. The SMILES string of the molecule is O=C(NC1CCSCC1)c1ccc(-c2ncc(Cl)c3[nH]ccc23)cc1. The van der Waals surface area contributed by atoms with Crippen molar-refractivity contribution in [2.24, 2.45) is 0 Å². The van der Waals surface area contributed by atoms with Crippen molar-refractivity contribution in [3.8, 4) is 11.3 Å². The number of pyridine rings is 1. The van der Waals surface area contributed by atoms with E-state index in [0.717, 1.165) is 46.5 Å². The quantitative estimate of drug-likeness (QED) is 0.712.